The number of ether oxygens (including phenoxy) is 1. The van der Waals surface area contributed by atoms with Gasteiger partial charge in [-0.1, -0.05) is 66.8 Å². The summed E-state index contributed by atoms with van der Waals surface area (Å²) in [5, 5.41) is 22.4. The lowest BCUT2D eigenvalue weighted by atomic mass is 9.68. The number of allylic oxidation sites excluding steroid dienone is 3. The molecule has 1 aliphatic heterocycles. The summed E-state index contributed by atoms with van der Waals surface area (Å²) < 4.78 is 5.88. The smallest absolute Gasteiger partial charge is 0.234 e. The van der Waals surface area contributed by atoms with Crippen molar-refractivity contribution in [1.82, 2.24) is 10.2 Å². The largest absolute Gasteiger partial charge is 0.497 e. The van der Waals surface area contributed by atoms with Crippen LogP contribution < -0.4 is 20.7 Å². The molecule has 1 aromatic heterocycles. The molecule has 1 unspecified atom stereocenters. The number of nitrogens with two attached hydrogens (primary N) is 1. The SMILES string of the molecule is COc1ccc(C2C(C#N)=C(N)N(c3nnc(SCC(=O)Nc4ccc(C)cc4C)s3)C3=C2C(=O)CC(C)(C)C3)cc1. The van der Waals surface area contributed by atoms with Crippen LogP contribution in [0.5, 0.6) is 5.75 Å². The Morgan fingerprint density at radius 1 is 1.21 bits per heavy atom. The molecule has 1 amide bonds. The van der Waals surface area contributed by atoms with E-state index < -0.39 is 5.92 Å². The zero-order valence-electron chi connectivity index (χ0n) is 24.1. The van der Waals surface area contributed by atoms with Gasteiger partial charge in [0, 0.05) is 23.4 Å². The summed E-state index contributed by atoms with van der Waals surface area (Å²) in [5.41, 5.74) is 11.7. The molecule has 2 aromatic carbocycles. The number of thioether (sulfide) groups is 1. The van der Waals surface area contributed by atoms with Gasteiger partial charge in [0.05, 0.1) is 30.4 Å². The first-order valence-corrected chi connectivity index (χ1v) is 15.2. The molecule has 42 heavy (non-hydrogen) atoms. The molecule has 0 saturated heterocycles. The highest BCUT2D eigenvalue weighted by molar-refractivity contribution is 8.01. The van der Waals surface area contributed by atoms with Gasteiger partial charge in [-0.3, -0.25) is 14.5 Å². The van der Waals surface area contributed by atoms with E-state index in [1.165, 1.54) is 23.1 Å². The predicted octanol–water partition coefficient (Wildman–Crippen LogP) is 5.84. The van der Waals surface area contributed by atoms with Crippen molar-refractivity contribution in [3.63, 3.8) is 0 Å². The highest BCUT2D eigenvalue weighted by Gasteiger charge is 2.45. The third kappa shape index (κ3) is 5.78. The Labute approximate surface area is 253 Å². The maximum absolute atomic E-state index is 13.7. The minimum absolute atomic E-state index is 0.0190. The average Bonchev–Trinajstić information content (AvgIpc) is 3.40. The van der Waals surface area contributed by atoms with Gasteiger partial charge in [0.15, 0.2) is 10.1 Å². The number of aryl methyl sites for hydroxylation is 2. The van der Waals surface area contributed by atoms with Gasteiger partial charge >= 0.3 is 0 Å². The monoisotopic (exact) mass is 600 g/mol. The van der Waals surface area contributed by atoms with Crippen LogP contribution in [0.2, 0.25) is 0 Å². The Bertz CT molecular complexity index is 1670. The first-order valence-electron chi connectivity index (χ1n) is 13.4. The van der Waals surface area contributed by atoms with Crippen molar-refractivity contribution in [2.24, 2.45) is 11.1 Å². The second-order valence-electron chi connectivity index (χ2n) is 11.3. The molecule has 2 aliphatic rings. The Kier molecular flexibility index (Phi) is 8.12. The molecule has 1 aliphatic carbocycles. The van der Waals surface area contributed by atoms with Gasteiger partial charge in [-0.05, 0) is 55.0 Å². The van der Waals surface area contributed by atoms with E-state index in [2.05, 4.69) is 21.6 Å². The van der Waals surface area contributed by atoms with E-state index in [-0.39, 0.29) is 34.3 Å². The van der Waals surface area contributed by atoms with Gasteiger partial charge in [0.25, 0.3) is 0 Å². The number of Topliss-reactive ketones (excluding diaryl/α,β-unsaturated/α-hetero) is 1. The fraction of sp³-hybridized carbons (Fsp3) is 0.323. The lowest BCUT2D eigenvalue weighted by molar-refractivity contribution is -0.118. The molecule has 0 radical (unpaired) electrons. The summed E-state index contributed by atoms with van der Waals surface area (Å²) in [6.45, 7) is 8.06. The van der Waals surface area contributed by atoms with E-state index in [0.717, 1.165) is 28.1 Å². The summed E-state index contributed by atoms with van der Waals surface area (Å²) in [7, 11) is 1.59. The molecule has 3 aromatic rings. The molecule has 216 valence electrons. The van der Waals surface area contributed by atoms with Gasteiger partial charge in [-0.2, -0.15) is 5.26 Å². The fourth-order valence-electron chi connectivity index (χ4n) is 5.48. The molecule has 9 nitrogen and oxygen atoms in total. The first kappa shape index (κ1) is 29.4. The van der Waals surface area contributed by atoms with Crippen LogP contribution in [0.4, 0.5) is 10.8 Å². The minimum atomic E-state index is -0.591. The van der Waals surface area contributed by atoms with E-state index in [0.29, 0.717) is 33.6 Å². The van der Waals surface area contributed by atoms with Crippen LogP contribution in [-0.4, -0.2) is 34.8 Å². The number of nitrogens with one attached hydrogen (secondary N) is 1. The number of anilines is 2. The highest BCUT2D eigenvalue weighted by Crippen LogP contribution is 2.50. The molecule has 0 bridgehead atoms. The predicted molar refractivity (Wildman–Crippen MR) is 165 cm³/mol. The van der Waals surface area contributed by atoms with Gasteiger partial charge in [-0.15, -0.1) is 10.2 Å². The topological polar surface area (TPSA) is 134 Å². The molecule has 5 rings (SSSR count). The van der Waals surface area contributed by atoms with Gasteiger partial charge < -0.3 is 15.8 Å². The molecule has 0 fully saturated rings. The second kappa shape index (κ2) is 11.6. The third-order valence-electron chi connectivity index (χ3n) is 7.40. The van der Waals surface area contributed by atoms with Gasteiger partial charge in [0.2, 0.25) is 11.0 Å². The van der Waals surface area contributed by atoms with Crippen molar-refractivity contribution in [1.29, 1.82) is 5.26 Å². The van der Waals surface area contributed by atoms with Crippen LogP contribution in [0.15, 0.2) is 69.5 Å². The molecule has 0 spiro atoms. The first-order chi connectivity index (χ1) is 20.0. The van der Waals surface area contributed by atoms with Crippen molar-refractivity contribution >= 4 is 45.6 Å². The summed E-state index contributed by atoms with van der Waals surface area (Å²) in [5.74, 6) is 0.289. The van der Waals surface area contributed by atoms with Crippen LogP contribution in [-0.2, 0) is 9.59 Å². The zero-order valence-corrected chi connectivity index (χ0v) is 25.8. The van der Waals surface area contributed by atoms with Crippen LogP contribution in [0, 0.1) is 30.6 Å². The Balaban J connectivity index is 1.45. The normalized spacial score (nSPS) is 18.0. The fourth-order valence-corrected chi connectivity index (χ4v) is 7.16. The van der Waals surface area contributed by atoms with E-state index in [9.17, 15) is 14.9 Å². The number of nitrogens with zero attached hydrogens (tertiary/aromatic N) is 4. The zero-order chi connectivity index (χ0) is 30.2. The number of nitriles is 1. The number of rotatable bonds is 7. The summed E-state index contributed by atoms with van der Waals surface area (Å²) in [6, 6.07) is 15.5. The number of benzene rings is 2. The van der Waals surface area contributed by atoms with Crippen molar-refractivity contribution in [3.8, 4) is 11.8 Å². The van der Waals surface area contributed by atoms with Gasteiger partial charge in [0.1, 0.15) is 11.6 Å². The number of ketones is 1. The number of amides is 1. The standard InChI is InChI=1S/C31H32N6O3S2/c1-17-6-11-22(18(2)12-17)34-25(39)16-41-30-36-35-29(42-30)37-23-13-31(3,4)14-24(38)27(23)26(21(15-32)28(37)33)19-7-9-20(40-5)10-8-19/h6-12,26H,13-14,16,33H2,1-5H3,(H,34,39). The number of carbonyl (C=O) groups is 2. The Hall–Kier alpha value is -4.14. The van der Waals surface area contributed by atoms with E-state index in [1.54, 1.807) is 12.0 Å². The molecule has 1 atom stereocenters. The molecule has 11 heteroatoms. The van der Waals surface area contributed by atoms with Gasteiger partial charge in [-0.25, -0.2) is 0 Å². The van der Waals surface area contributed by atoms with E-state index in [4.69, 9.17) is 10.5 Å². The molecule has 0 saturated carbocycles. The van der Waals surface area contributed by atoms with Crippen molar-refractivity contribution in [3.05, 3.63) is 81.8 Å². The van der Waals surface area contributed by atoms with Crippen LogP contribution in [0.25, 0.3) is 0 Å². The summed E-state index contributed by atoms with van der Waals surface area (Å²) >= 11 is 2.54. The van der Waals surface area contributed by atoms with Crippen molar-refractivity contribution in [2.45, 2.75) is 50.8 Å². The number of methoxy groups -OCH3 is 1. The molecular formula is C31H32N6O3S2. The highest BCUT2D eigenvalue weighted by atomic mass is 32.2. The van der Waals surface area contributed by atoms with Crippen molar-refractivity contribution in [2.75, 3.05) is 23.1 Å². The van der Waals surface area contributed by atoms with E-state index >= 15 is 0 Å². The number of hydrogen-bond donors (Lipinski definition) is 2. The average molecular weight is 601 g/mol. The van der Waals surface area contributed by atoms with E-state index in [1.807, 2.05) is 70.2 Å². The maximum Gasteiger partial charge on any atom is 0.234 e. The maximum atomic E-state index is 13.7. The molecule has 2 heterocycles. The minimum Gasteiger partial charge on any atom is -0.497 e. The molecular weight excluding hydrogens is 569 g/mol. The van der Waals surface area contributed by atoms with Crippen LogP contribution in [0.3, 0.4) is 0 Å². The molecule has 3 N–H and O–H groups in total. The Morgan fingerprint density at radius 3 is 2.62 bits per heavy atom. The number of hydrogen-bond acceptors (Lipinski definition) is 10. The lowest BCUT2D eigenvalue weighted by Crippen LogP contribution is -2.42. The quantitative estimate of drug-likeness (QED) is 0.321. The number of aromatic nitrogens is 2. The summed E-state index contributed by atoms with van der Waals surface area (Å²) in [6.07, 6.45) is 0.929. The van der Waals surface area contributed by atoms with Crippen LogP contribution in [0.1, 0.15) is 49.3 Å². The lowest BCUT2D eigenvalue weighted by Gasteiger charge is -2.42. The van der Waals surface area contributed by atoms with Crippen LogP contribution >= 0.6 is 23.1 Å². The third-order valence-corrected chi connectivity index (χ3v) is 9.44. The number of carbonyl (C=O) groups excluding carboxylic acids is 2. The summed E-state index contributed by atoms with van der Waals surface area (Å²) in [4.78, 5) is 28.1. The Morgan fingerprint density at radius 2 is 1.95 bits per heavy atom. The second-order valence-corrected chi connectivity index (χ2v) is 13.4. The van der Waals surface area contributed by atoms with Crippen molar-refractivity contribution < 1.29 is 14.3 Å².